The van der Waals surface area contributed by atoms with E-state index in [0.717, 1.165) is 17.1 Å². The first kappa shape index (κ1) is 16.5. The van der Waals surface area contributed by atoms with Crippen molar-refractivity contribution in [1.82, 2.24) is 14.9 Å². The van der Waals surface area contributed by atoms with Crippen LogP contribution in [0.2, 0.25) is 0 Å². The molecule has 1 aliphatic heterocycles. The third-order valence-corrected chi connectivity index (χ3v) is 4.31. The number of nitrogens with one attached hydrogen (secondary N) is 1. The zero-order valence-electron chi connectivity index (χ0n) is 14.4. The average molecular weight is 328 g/mol. The number of aromatic nitrogens is 2. The number of hydrogen-bond donors (Lipinski definition) is 1. The van der Waals surface area contributed by atoms with Crippen molar-refractivity contribution in [3.63, 3.8) is 0 Å². The Morgan fingerprint density at radius 1 is 1.33 bits per heavy atom. The zero-order valence-corrected chi connectivity index (χ0v) is 14.4. The lowest BCUT2D eigenvalue weighted by atomic mass is 10.1. The highest BCUT2D eigenvalue weighted by Crippen LogP contribution is 2.23. The molecule has 1 aromatic heterocycles. The van der Waals surface area contributed by atoms with E-state index in [1.165, 1.54) is 0 Å². The van der Waals surface area contributed by atoms with Gasteiger partial charge in [-0.2, -0.15) is 0 Å². The van der Waals surface area contributed by atoms with Crippen LogP contribution < -0.4 is 10.2 Å². The molecule has 0 bridgehead atoms. The highest BCUT2D eigenvalue weighted by atomic mass is 16.6. The van der Waals surface area contributed by atoms with Crippen LogP contribution >= 0.6 is 0 Å². The first-order chi connectivity index (χ1) is 11.6. The van der Waals surface area contributed by atoms with Crippen LogP contribution in [0.15, 0.2) is 36.7 Å². The summed E-state index contributed by atoms with van der Waals surface area (Å²) in [7, 11) is 0. The van der Waals surface area contributed by atoms with Crippen molar-refractivity contribution in [2.24, 2.45) is 0 Å². The molecule has 0 unspecified atom stereocenters. The molecule has 1 fully saturated rings. The monoisotopic (exact) mass is 328 g/mol. The lowest BCUT2D eigenvalue weighted by Gasteiger charge is -2.19. The summed E-state index contributed by atoms with van der Waals surface area (Å²) in [5.74, 6) is 1.02. The van der Waals surface area contributed by atoms with Crippen molar-refractivity contribution < 1.29 is 9.53 Å². The molecule has 1 saturated heterocycles. The zero-order chi connectivity index (χ0) is 17.1. The molecule has 1 atom stereocenters. The molecule has 1 aliphatic rings. The molecule has 2 aromatic rings. The maximum Gasteiger partial charge on any atom is 0.414 e. The number of nitrogens with zero attached hydrogens (tertiary/aromatic N) is 3. The van der Waals surface area contributed by atoms with E-state index in [2.05, 4.69) is 41.7 Å². The number of amides is 1. The van der Waals surface area contributed by atoms with Gasteiger partial charge in [0.1, 0.15) is 12.4 Å². The van der Waals surface area contributed by atoms with Crippen molar-refractivity contribution in [2.45, 2.75) is 39.4 Å². The Labute approximate surface area is 142 Å². The minimum absolute atomic E-state index is 0.154. The van der Waals surface area contributed by atoms with E-state index in [4.69, 9.17) is 4.74 Å². The number of hydrogen-bond acceptors (Lipinski definition) is 4. The van der Waals surface area contributed by atoms with Crippen molar-refractivity contribution >= 4 is 11.8 Å². The Balaban J connectivity index is 1.68. The summed E-state index contributed by atoms with van der Waals surface area (Å²) in [6, 6.07) is 8.57. The molecule has 0 spiro atoms. The summed E-state index contributed by atoms with van der Waals surface area (Å²) >= 11 is 0. The van der Waals surface area contributed by atoms with Gasteiger partial charge in [-0.1, -0.05) is 12.1 Å². The van der Waals surface area contributed by atoms with Gasteiger partial charge in [0.2, 0.25) is 0 Å². The second-order valence-corrected chi connectivity index (χ2v) is 6.31. The van der Waals surface area contributed by atoms with E-state index in [-0.39, 0.29) is 12.1 Å². The molecular formula is C18H24N4O2. The smallest absolute Gasteiger partial charge is 0.414 e. The second-order valence-electron chi connectivity index (χ2n) is 6.31. The molecule has 6 heteroatoms. The molecule has 0 saturated carbocycles. The second kappa shape index (κ2) is 7.05. The third kappa shape index (κ3) is 3.43. The normalized spacial score (nSPS) is 15.8. The number of carbonyl (C=O) groups excluding carboxylic acids is 1. The Morgan fingerprint density at radius 2 is 2.17 bits per heavy atom. The van der Waals surface area contributed by atoms with E-state index < -0.39 is 0 Å². The van der Waals surface area contributed by atoms with Gasteiger partial charge in [-0.3, -0.25) is 4.90 Å². The Bertz CT molecular complexity index is 711. The number of rotatable bonds is 6. The molecule has 6 nitrogen and oxygen atoms in total. The fourth-order valence-corrected chi connectivity index (χ4v) is 2.90. The minimum Gasteiger partial charge on any atom is -0.447 e. The lowest BCUT2D eigenvalue weighted by molar-refractivity contribution is 0.181. The molecule has 0 radical (unpaired) electrons. The van der Waals surface area contributed by atoms with E-state index in [1.54, 1.807) is 4.90 Å². The van der Waals surface area contributed by atoms with Crippen LogP contribution in [-0.4, -0.2) is 28.8 Å². The molecular weight excluding hydrogens is 304 g/mol. The standard InChI is InChI=1S/C18H24N4O2/c1-13(2)21-8-7-19-17(21)12-20-14(3)15-5-4-6-16(11-15)22-9-10-24-18(22)23/h4-8,11,13-14,20H,9-10,12H2,1-3H3/t14-/m1/s1. The van der Waals surface area contributed by atoms with E-state index in [1.807, 2.05) is 30.6 Å². The van der Waals surface area contributed by atoms with Crippen LogP contribution in [0.5, 0.6) is 0 Å². The van der Waals surface area contributed by atoms with Crippen LogP contribution in [0.1, 0.15) is 44.2 Å². The Kier molecular flexibility index (Phi) is 4.85. The van der Waals surface area contributed by atoms with Gasteiger partial charge in [0.15, 0.2) is 0 Å². The van der Waals surface area contributed by atoms with Gasteiger partial charge in [0, 0.05) is 30.2 Å². The SMILES string of the molecule is CC(C)n1ccnc1CN[C@H](C)c1cccc(N2CCOC2=O)c1. The van der Waals surface area contributed by atoms with Crippen LogP contribution in [0.25, 0.3) is 0 Å². The number of ether oxygens (including phenoxy) is 1. The fraction of sp³-hybridized carbons (Fsp3) is 0.444. The van der Waals surface area contributed by atoms with Crippen LogP contribution in [0.3, 0.4) is 0 Å². The van der Waals surface area contributed by atoms with Crippen LogP contribution in [0, 0.1) is 0 Å². The fourth-order valence-electron chi connectivity index (χ4n) is 2.90. The van der Waals surface area contributed by atoms with E-state index in [0.29, 0.717) is 25.7 Å². The third-order valence-electron chi connectivity index (χ3n) is 4.31. The summed E-state index contributed by atoms with van der Waals surface area (Å²) in [5.41, 5.74) is 2.02. The van der Waals surface area contributed by atoms with E-state index in [9.17, 15) is 4.79 Å². The summed E-state index contributed by atoms with van der Waals surface area (Å²) in [6.45, 7) is 8.16. The predicted molar refractivity (Wildman–Crippen MR) is 93.0 cm³/mol. The van der Waals surface area contributed by atoms with Crippen molar-refractivity contribution in [2.75, 3.05) is 18.1 Å². The number of imidazole rings is 1. The maximum atomic E-state index is 11.7. The number of benzene rings is 1. The summed E-state index contributed by atoms with van der Waals surface area (Å²) in [5, 5.41) is 3.51. The first-order valence-electron chi connectivity index (χ1n) is 8.35. The maximum absolute atomic E-state index is 11.7. The quantitative estimate of drug-likeness (QED) is 0.884. The molecule has 128 valence electrons. The van der Waals surface area contributed by atoms with Gasteiger partial charge in [0.25, 0.3) is 0 Å². The molecule has 2 heterocycles. The number of anilines is 1. The first-order valence-corrected chi connectivity index (χ1v) is 8.35. The molecule has 1 aromatic carbocycles. The van der Waals surface area contributed by atoms with Crippen molar-refractivity contribution in [3.05, 3.63) is 48.0 Å². The number of cyclic esters (lactones) is 1. The van der Waals surface area contributed by atoms with Gasteiger partial charge in [-0.15, -0.1) is 0 Å². The predicted octanol–water partition coefficient (Wildman–Crippen LogP) is 3.27. The van der Waals surface area contributed by atoms with Gasteiger partial charge in [-0.05, 0) is 38.5 Å². The van der Waals surface area contributed by atoms with Crippen LogP contribution in [-0.2, 0) is 11.3 Å². The average Bonchev–Trinajstić information content (AvgIpc) is 3.21. The Morgan fingerprint density at radius 3 is 2.88 bits per heavy atom. The molecule has 24 heavy (non-hydrogen) atoms. The summed E-state index contributed by atoms with van der Waals surface area (Å²) < 4.78 is 7.18. The van der Waals surface area contributed by atoms with Crippen molar-refractivity contribution in [3.8, 4) is 0 Å². The minimum atomic E-state index is -0.272. The highest BCUT2D eigenvalue weighted by molar-refractivity contribution is 5.89. The molecule has 1 amide bonds. The van der Waals surface area contributed by atoms with Gasteiger partial charge < -0.3 is 14.6 Å². The molecule has 0 aliphatic carbocycles. The van der Waals surface area contributed by atoms with Gasteiger partial charge in [0.05, 0.1) is 13.1 Å². The summed E-state index contributed by atoms with van der Waals surface area (Å²) in [6.07, 6.45) is 3.57. The van der Waals surface area contributed by atoms with Gasteiger partial charge in [-0.25, -0.2) is 9.78 Å². The molecule has 1 N–H and O–H groups in total. The summed E-state index contributed by atoms with van der Waals surface area (Å²) in [4.78, 5) is 17.8. The largest absolute Gasteiger partial charge is 0.447 e. The Hall–Kier alpha value is -2.34. The van der Waals surface area contributed by atoms with E-state index >= 15 is 0 Å². The van der Waals surface area contributed by atoms with Crippen LogP contribution in [0.4, 0.5) is 10.5 Å². The highest BCUT2D eigenvalue weighted by Gasteiger charge is 2.23. The van der Waals surface area contributed by atoms with Gasteiger partial charge >= 0.3 is 6.09 Å². The lowest BCUT2D eigenvalue weighted by Crippen LogP contribution is -2.24. The number of carbonyl (C=O) groups is 1. The van der Waals surface area contributed by atoms with Crippen molar-refractivity contribution in [1.29, 1.82) is 0 Å². The topological polar surface area (TPSA) is 59.4 Å². The molecule has 3 rings (SSSR count).